The molecule has 0 spiro atoms. The van der Waals surface area contributed by atoms with E-state index in [1.54, 1.807) is 12.1 Å². The zero-order chi connectivity index (χ0) is 15.8. The lowest BCUT2D eigenvalue weighted by Crippen LogP contribution is -2.13. The minimum atomic E-state index is -0.237. The Kier molecular flexibility index (Phi) is 7.02. The highest BCUT2D eigenvalue weighted by molar-refractivity contribution is 6.32. The van der Waals surface area contributed by atoms with E-state index in [9.17, 15) is 4.79 Å². The molecular weight excluding hydrogens is 292 g/mol. The molecule has 0 aliphatic carbocycles. The summed E-state index contributed by atoms with van der Waals surface area (Å²) in [5.74, 6) is 0.859. The first-order valence-corrected chi connectivity index (χ1v) is 7.28. The number of nitrogens with one attached hydrogen (secondary N) is 1. The minimum Gasteiger partial charge on any atom is -0.490 e. The van der Waals surface area contributed by atoms with Gasteiger partial charge in [0, 0.05) is 6.92 Å². The third kappa shape index (κ3) is 5.63. The minimum absolute atomic E-state index is 0.0422. The molecular formula is C15H21ClN2O3. The summed E-state index contributed by atoms with van der Waals surface area (Å²) >= 11 is 6.26. The van der Waals surface area contributed by atoms with Gasteiger partial charge in [-0.3, -0.25) is 4.79 Å². The Hall–Kier alpha value is -1.75. The highest BCUT2D eigenvalue weighted by Gasteiger charge is 2.14. The Morgan fingerprint density at radius 1 is 1.48 bits per heavy atom. The smallest absolute Gasteiger partial charge is 0.236 e. The molecule has 6 heteroatoms. The number of ether oxygens (including phenoxy) is 2. The molecule has 0 heterocycles. The topological polar surface area (TPSA) is 59.9 Å². The van der Waals surface area contributed by atoms with Crippen LogP contribution in [-0.2, 0) is 4.79 Å². The number of hydrogen-bond acceptors (Lipinski definition) is 4. The van der Waals surface area contributed by atoms with Gasteiger partial charge in [0.1, 0.15) is 0 Å². The van der Waals surface area contributed by atoms with Gasteiger partial charge in [-0.25, -0.2) is 5.43 Å². The van der Waals surface area contributed by atoms with Crippen LogP contribution in [0.2, 0.25) is 5.02 Å². The average Bonchev–Trinajstić information content (AvgIpc) is 2.42. The Morgan fingerprint density at radius 3 is 2.76 bits per heavy atom. The van der Waals surface area contributed by atoms with Gasteiger partial charge in [0.2, 0.25) is 5.91 Å². The number of carbonyl (C=O) groups is 1. The first-order chi connectivity index (χ1) is 9.97. The SMILES string of the molecule is CCOc1cc(/C=N\NC(C)=O)cc(Cl)c1O[C@H](C)CC. The Morgan fingerprint density at radius 2 is 2.19 bits per heavy atom. The van der Waals surface area contributed by atoms with E-state index in [-0.39, 0.29) is 12.0 Å². The summed E-state index contributed by atoms with van der Waals surface area (Å²) in [6.45, 7) is 7.78. The predicted molar refractivity (Wildman–Crippen MR) is 84.4 cm³/mol. The van der Waals surface area contributed by atoms with E-state index in [1.165, 1.54) is 13.1 Å². The second kappa shape index (κ2) is 8.52. The van der Waals surface area contributed by atoms with Gasteiger partial charge in [-0.05, 0) is 38.0 Å². The van der Waals surface area contributed by atoms with Crippen LogP contribution in [0.25, 0.3) is 0 Å². The van der Waals surface area contributed by atoms with E-state index in [4.69, 9.17) is 21.1 Å². The molecule has 0 radical (unpaired) electrons. The van der Waals surface area contributed by atoms with E-state index in [0.29, 0.717) is 28.7 Å². The normalized spacial score (nSPS) is 12.2. The van der Waals surface area contributed by atoms with Crippen molar-refractivity contribution in [3.63, 3.8) is 0 Å². The lowest BCUT2D eigenvalue weighted by molar-refractivity contribution is -0.118. The number of hydrazone groups is 1. The molecule has 1 amide bonds. The van der Waals surface area contributed by atoms with E-state index in [2.05, 4.69) is 10.5 Å². The van der Waals surface area contributed by atoms with Crippen LogP contribution in [0.15, 0.2) is 17.2 Å². The number of rotatable bonds is 7. The second-order valence-electron chi connectivity index (χ2n) is 4.53. The molecule has 1 N–H and O–H groups in total. The van der Waals surface area contributed by atoms with Crippen molar-refractivity contribution in [3.8, 4) is 11.5 Å². The maximum Gasteiger partial charge on any atom is 0.236 e. The fraction of sp³-hybridized carbons (Fsp3) is 0.467. The third-order valence-corrected chi connectivity index (χ3v) is 2.94. The molecule has 5 nitrogen and oxygen atoms in total. The summed E-state index contributed by atoms with van der Waals surface area (Å²) in [6.07, 6.45) is 2.41. The first kappa shape index (κ1) is 17.3. The number of carbonyl (C=O) groups excluding carboxylic acids is 1. The van der Waals surface area contributed by atoms with Crippen LogP contribution in [0.3, 0.4) is 0 Å². The van der Waals surface area contributed by atoms with E-state index in [1.807, 2.05) is 20.8 Å². The van der Waals surface area contributed by atoms with Gasteiger partial charge in [-0.2, -0.15) is 5.10 Å². The largest absolute Gasteiger partial charge is 0.490 e. The molecule has 0 fully saturated rings. The summed E-state index contributed by atoms with van der Waals surface area (Å²) in [7, 11) is 0. The van der Waals surface area contributed by atoms with Gasteiger partial charge in [-0.15, -0.1) is 0 Å². The molecule has 0 bridgehead atoms. The zero-order valence-electron chi connectivity index (χ0n) is 12.8. The van der Waals surface area contributed by atoms with Gasteiger partial charge in [0.05, 0.1) is 23.9 Å². The van der Waals surface area contributed by atoms with Gasteiger partial charge >= 0.3 is 0 Å². The van der Waals surface area contributed by atoms with Crippen LogP contribution in [0, 0.1) is 0 Å². The van der Waals surface area contributed by atoms with Crippen molar-refractivity contribution in [2.24, 2.45) is 5.10 Å². The Bertz CT molecular complexity index is 518. The van der Waals surface area contributed by atoms with Crippen LogP contribution in [-0.4, -0.2) is 24.8 Å². The summed E-state index contributed by atoms with van der Waals surface area (Å²) in [4.78, 5) is 10.8. The van der Waals surface area contributed by atoms with Gasteiger partial charge in [-0.1, -0.05) is 18.5 Å². The van der Waals surface area contributed by atoms with Crippen molar-refractivity contribution in [2.45, 2.75) is 40.2 Å². The highest BCUT2D eigenvalue weighted by Crippen LogP contribution is 2.37. The summed E-state index contributed by atoms with van der Waals surface area (Å²) < 4.78 is 11.4. The lowest BCUT2D eigenvalue weighted by atomic mass is 10.2. The van der Waals surface area contributed by atoms with Crippen LogP contribution < -0.4 is 14.9 Å². The summed E-state index contributed by atoms with van der Waals surface area (Å²) in [6, 6.07) is 3.49. The Balaban J connectivity index is 3.05. The standard InChI is InChI=1S/C15H21ClN2O3/c1-5-10(3)21-15-13(16)7-12(8-14(15)20-6-2)9-17-18-11(4)19/h7-10H,5-6H2,1-4H3,(H,18,19)/b17-9-/t10-/m1/s1. The molecule has 0 aliphatic rings. The van der Waals surface area contributed by atoms with Crippen molar-refractivity contribution in [2.75, 3.05) is 6.61 Å². The number of benzene rings is 1. The number of halogens is 1. The molecule has 1 aromatic rings. The summed E-state index contributed by atoms with van der Waals surface area (Å²) in [5.41, 5.74) is 3.05. The molecule has 0 aromatic heterocycles. The van der Waals surface area contributed by atoms with Gasteiger partial charge in [0.25, 0.3) is 0 Å². The monoisotopic (exact) mass is 312 g/mol. The molecule has 0 aliphatic heterocycles. The fourth-order valence-corrected chi connectivity index (χ4v) is 1.79. The van der Waals surface area contributed by atoms with Crippen LogP contribution in [0.1, 0.15) is 39.7 Å². The zero-order valence-corrected chi connectivity index (χ0v) is 13.5. The van der Waals surface area contributed by atoms with Gasteiger partial charge < -0.3 is 9.47 Å². The van der Waals surface area contributed by atoms with E-state index < -0.39 is 0 Å². The fourth-order valence-electron chi connectivity index (χ4n) is 1.52. The molecule has 21 heavy (non-hydrogen) atoms. The number of amides is 1. The van der Waals surface area contributed by atoms with Crippen molar-refractivity contribution < 1.29 is 14.3 Å². The van der Waals surface area contributed by atoms with Crippen LogP contribution in [0.4, 0.5) is 0 Å². The van der Waals surface area contributed by atoms with Crippen LogP contribution >= 0.6 is 11.6 Å². The van der Waals surface area contributed by atoms with Crippen LogP contribution in [0.5, 0.6) is 11.5 Å². The maximum absolute atomic E-state index is 10.8. The molecule has 1 atom stereocenters. The first-order valence-electron chi connectivity index (χ1n) is 6.90. The molecule has 116 valence electrons. The van der Waals surface area contributed by atoms with Gasteiger partial charge in [0.15, 0.2) is 11.5 Å². The van der Waals surface area contributed by atoms with Crippen molar-refractivity contribution >= 4 is 23.7 Å². The third-order valence-electron chi connectivity index (χ3n) is 2.66. The number of nitrogens with zero attached hydrogens (tertiary/aromatic N) is 1. The Labute approximate surface area is 130 Å². The predicted octanol–water partition coefficient (Wildman–Crippen LogP) is 3.39. The lowest BCUT2D eigenvalue weighted by Gasteiger charge is -2.18. The molecule has 0 unspecified atom stereocenters. The maximum atomic E-state index is 10.8. The summed E-state index contributed by atoms with van der Waals surface area (Å²) in [5, 5.41) is 4.26. The van der Waals surface area contributed by atoms with Crippen molar-refractivity contribution in [1.82, 2.24) is 5.43 Å². The highest BCUT2D eigenvalue weighted by atomic mass is 35.5. The van der Waals surface area contributed by atoms with E-state index in [0.717, 1.165) is 6.42 Å². The quantitative estimate of drug-likeness (QED) is 0.620. The second-order valence-corrected chi connectivity index (χ2v) is 4.93. The molecule has 0 saturated carbocycles. The average molecular weight is 313 g/mol. The number of hydrogen-bond donors (Lipinski definition) is 1. The van der Waals surface area contributed by atoms with Crippen molar-refractivity contribution in [1.29, 1.82) is 0 Å². The molecule has 1 rings (SSSR count). The molecule has 0 saturated heterocycles. The van der Waals surface area contributed by atoms with E-state index >= 15 is 0 Å². The molecule has 1 aromatic carbocycles. The van der Waals surface area contributed by atoms with Crippen molar-refractivity contribution in [3.05, 3.63) is 22.7 Å².